The van der Waals surface area contributed by atoms with Crippen LogP contribution in [0.4, 0.5) is 0 Å². The zero-order valence-corrected chi connectivity index (χ0v) is 20.7. The molecule has 0 spiro atoms. The Morgan fingerprint density at radius 2 is 1.18 bits per heavy atom. The second-order valence-corrected chi connectivity index (χ2v) is 9.94. The average Bonchev–Trinajstić information content (AvgIpc) is 2.84. The van der Waals surface area contributed by atoms with Crippen LogP contribution >= 0.6 is 0 Å². The fourth-order valence-corrected chi connectivity index (χ4v) is 4.33. The molecular weight excluding hydrogens is 422 g/mol. The molecule has 4 aromatic rings. The van der Waals surface area contributed by atoms with Crippen LogP contribution in [0.3, 0.4) is 0 Å². The van der Waals surface area contributed by atoms with E-state index < -0.39 is 5.97 Å². The number of nitrogens with zero attached hydrogens (tertiary/aromatic N) is 1. The molecule has 0 aliphatic rings. The quantitative estimate of drug-likeness (QED) is 0.314. The van der Waals surface area contributed by atoms with E-state index >= 15 is 0 Å². The number of carbonyl (C=O) groups excluding carboxylic acids is 2. The predicted molar refractivity (Wildman–Crippen MR) is 139 cm³/mol. The van der Waals surface area contributed by atoms with Crippen LogP contribution in [-0.4, -0.2) is 37.0 Å². The number of benzene rings is 4. The number of fused-ring (bicyclic) bond motifs is 2. The zero-order valence-electron chi connectivity index (χ0n) is 20.7. The number of rotatable bonds is 4. The highest BCUT2D eigenvalue weighted by molar-refractivity contribution is 6.10. The topological polar surface area (TPSA) is 46.6 Å². The number of hydrogen-bond acceptors (Lipinski definition) is 3. The second kappa shape index (κ2) is 8.94. The van der Waals surface area contributed by atoms with Gasteiger partial charge in [-0.15, -0.1) is 0 Å². The van der Waals surface area contributed by atoms with Gasteiger partial charge >= 0.3 is 5.97 Å². The Labute approximate surface area is 201 Å². The number of hydrogen-bond donors (Lipinski definition) is 0. The van der Waals surface area contributed by atoms with Gasteiger partial charge in [0, 0.05) is 18.7 Å². The minimum atomic E-state index is -0.427. The minimum Gasteiger partial charge on any atom is -0.465 e. The Hall–Kier alpha value is -3.66. The van der Waals surface area contributed by atoms with Crippen LogP contribution in [0.2, 0.25) is 0 Å². The van der Waals surface area contributed by atoms with Crippen LogP contribution in [0, 0.1) is 5.41 Å². The lowest BCUT2D eigenvalue weighted by atomic mass is 9.86. The van der Waals surface area contributed by atoms with E-state index in [4.69, 9.17) is 4.74 Å². The molecule has 0 bridgehead atoms. The summed E-state index contributed by atoms with van der Waals surface area (Å²) in [5, 5.41) is 3.92. The van der Waals surface area contributed by atoms with Crippen molar-refractivity contribution in [2.45, 2.75) is 33.7 Å². The van der Waals surface area contributed by atoms with E-state index in [1.807, 2.05) is 79.8 Å². The highest BCUT2D eigenvalue weighted by atomic mass is 16.5. The van der Waals surface area contributed by atoms with Gasteiger partial charge in [0.15, 0.2) is 0 Å². The fourth-order valence-electron chi connectivity index (χ4n) is 4.33. The van der Waals surface area contributed by atoms with Crippen molar-refractivity contribution in [3.63, 3.8) is 0 Å². The molecule has 0 fully saturated rings. The summed E-state index contributed by atoms with van der Waals surface area (Å²) in [5.41, 5.74) is 2.34. The first kappa shape index (κ1) is 23.5. The molecule has 4 aromatic carbocycles. The fraction of sp³-hybridized carbons (Fsp3) is 0.267. The van der Waals surface area contributed by atoms with Crippen LogP contribution in [0.25, 0.3) is 32.7 Å². The highest BCUT2D eigenvalue weighted by Crippen LogP contribution is 2.36. The van der Waals surface area contributed by atoms with E-state index in [0.29, 0.717) is 16.7 Å². The van der Waals surface area contributed by atoms with Gasteiger partial charge in [-0.3, -0.25) is 4.79 Å². The standard InChI is InChI=1S/C30H31NO3/c1-19(30(2,3)4)31(5)28(32)26-17-22-13-9-7-11-20(22)15-24(26)25-16-21-12-8-10-14-23(21)18-27(25)29(33)34-6/h7-19H,1-6H3/t19-/m0/s1. The van der Waals surface area contributed by atoms with Gasteiger partial charge < -0.3 is 9.64 Å². The van der Waals surface area contributed by atoms with Crippen molar-refractivity contribution < 1.29 is 14.3 Å². The van der Waals surface area contributed by atoms with Gasteiger partial charge in [-0.1, -0.05) is 69.3 Å². The third kappa shape index (κ3) is 4.28. The summed E-state index contributed by atoms with van der Waals surface area (Å²) in [7, 11) is 3.23. The molecule has 0 aliphatic heterocycles. The number of esters is 1. The van der Waals surface area contributed by atoms with Crippen molar-refractivity contribution in [2.24, 2.45) is 5.41 Å². The molecule has 34 heavy (non-hydrogen) atoms. The molecule has 0 saturated heterocycles. The molecule has 0 unspecified atom stereocenters. The van der Waals surface area contributed by atoms with E-state index in [9.17, 15) is 9.59 Å². The molecule has 4 rings (SSSR count). The maximum Gasteiger partial charge on any atom is 0.338 e. The summed E-state index contributed by atoms with van der Waals surface area (Å²) < 4.78 is 5.13. The van der Waals surface area contributed by atoms with E-state index in [1.54, 1.807) is 4.90 Å². The molecule has 0 aliphatic carbocycles. The van der Waals surface area contributed by atoms with Crippen molar-refractivity contribution in [1.29, 1.82) is 0 Å². The van der Waals surface area contributed by atoms with Crippen molar-refractivity contribution >= 4 is 33.4 Å². The molecule has 0 heterocycles. The third-order valence-electron chi connectivity index (χ3n) is 6.85. The summed E-state index contributed by atoms with van der Waals surface area (Å²) in [6.45, 7) is 8.44. The first-order valence-corrected chi connectivity index (χ1v) is 11.5. The number of ether oxygens (including phenoxy) is 1. The van der Waals surface area contributed by atoms with E-state index in [1.165, 1.54) is 7.11 Å². The van der Waals surface area contributed by atoms with Crippen LogP contribution in [-0.2, 0) is 4.74 Å². The Kier molecular flexibility index (Phi) is 6.18. The molecule has 0 radical (unpaired) electrons. The Bertz CT molecular complexity index is 1400. The van der Waals surface area contributed by atoms with E-state index in [-0.39, 0.29) is 17.4 Å². The van der Waals surface area contributed by atoms with Crippen molar-refractivity contribution in [2.75, 3.05) is 14.2 Å². The Morgan fingerprint density at radius 1 is 0.765 bits per heavy atom. The molecule has 4 heteroatoms. The molecule has 1 amide bonds. The maximum atomic E-state index is 13.9. The van der Waals surface area contributed by atoms with Crippen LogP contribution in [0.5, 0.6) is 0 Å². The largest absolute Gasteiger partial charge is 0.465 e. The first-order chi connectivity index (χ1) is 16.1. The summed E-state index contributed by atoms with van der Waals surface area (Å²) in [6.07, 6.45) is 0. The summed E-state index contributed by atoms with van der Waals surface area (Å²) in [4.78, 5) is 28.5. The zero-order chi connectivity index (χ0) is 24.6. The lowest BCUT2D eigenvalue weighted by Crippen LogP contribution is -2.43. The van der Waals surface area contributed by atoms with Gasteiger partial charge in [0.2, 0.25) is 0 Å². The molecular formula is C30H31NO3. The number of carbonyl (C=O) groups is 2. The SMILES string of the molecule is COC(=O)c1cc2ccccc2cc1-c1cc2ccccc2cc1C(=O)N(C)[C@@H](C)C(C)(C)C. The summed E-state index contributed by atoms with van der Waals surface area (Å²) in [5.74, 6) is -0.504. The van der Waals surface area contributed by atoms with E-state index in [2.05, 4.69) is 27.7 Å². The van der Waals surface area contributed by atoms with Gasteiger partial charge in [-0.2, -0.15) is 0 Å². The van der Waals surface area contributed by atoms with Gasteiger partial charge in [-0.05, 0) is 69.3 Å². The van der Waals surface area contributed by atoms with Crippen LogP contribution in [0.1, 0.15) is 48.4 Å². The van der Waals surface area contributed by atoms with Crippen molar-refractivity contribution in [3.8, 4) is 11.1 Å². The molecule has 0 saturated carbocycles. The monoisotopic (exact) mass is 453 g/mol. The molecule has 0 N–H and O–H groups in total. The van der Waals surface area contributed by atoms with Crippen LogP contribution in [0.15, 0.2) is 72.8 Å². The van der Waals surface area contributed by atoms with Gasteiger partial charge in [0.25, 0.3) is 5.91 Å². The smallest absolute Gasteiger partial charge is 0.338 e. The highest BCUT2D eigenvalue weighted by Gasteiger charge is 2.30. The summed E-state index contributed by atoms with van der Waals surface area (Å²) >= 11 is 0. The second-order valence-electron chi connectivity index (χ2n) is 9.94. The normalized spacial score (nSPS) is 12.5. The minimum absolute atomic E-state index is 0.0102. The molecule has 1 atom stereocenters. The Balaban J connectivity index is 2.02. The third-order valence-corrected chi connectivity index (χ3v) is 6.85. The molecule has 4 nitrogen and oxygen atoms in total. The predicted octanol–water partition coefficient (Wildman–Crippen LogP) is 6.95. The summed E-state index contributed by atoms with van der Waals surface area (Å²) in [6, 6.07) is 23.6. The maximum absolute atomic E-state index is 13.9. The number of methoxy groups -OCH3 is 1. The van der Waals surface area contributed by atoms with Crippen molar-refractivity contribution in [3.05, 3.63) is 83.9 Å². The molecule has 0 aromatic heterocycles. The van der Waals surface area contributed by atoms with Gasteiger partial charge in [0.1, 0.15) is 0 Å². The average molecular weight is 454 g/mol. The Morgan fingerprint density at radius 3 is 1.62 bits per heavy atom. The lowest BCUT2D eigenvalue weighted by Gasteiger charge is -2.35. The van der Waals surface area contributed by atoms with Crippen molar-refractivity contribution in [1.82, 2.24) is 4.90 Å². The van der Waals surface area contributed by atoms with E-state index in [0.717, 1.165) is 27.1 Å². The van der Waals surface area contributed by atoms with Crippen LogP contribution < -0.4 is 0 Å². The number of amides is 1. The lowest BCUT2D eigenvalue weighted by molar-refractivity contribution is 0.0599. The van der Waals surface area contributed by atoms with Gasteiger partial charge in [-0.25, -0.2) is 4.79 Å². The first-order valence-electron chi connectivity index (χ1n) is 11.5. The molecule has 174 valence electrons. The van der Waals surface area contributed by atoms with Gasteiger partial charge in [0.05, 0.1) is 12.7 Å².